The quantitative estimate of drug-likeness (QED) is 0.512. The van der Waals surface area contributed by atoms with Crippen LogP contribution < -0.4 is 16.4 Å². The molecule has 30 heavy (non-hydrogen) atoms. The number of nitrogens with zero attached hydrogens (tertiary/aromatic N) is 3. The molecule has 0 spiro atoms. The Kier molecular flexibility index (Phi) is 6.83. The lowest BCUT2D eigenvalue weighted by Crippen LogP contribution is -2.23. The fourth-order valence-corrected chi connectivity index (χ4v) is 3.66. The van der Waals surface area contributed by atoms with E-state index in [1.807, 2.05) is 37.3 Å². The summed E-state index contributed by atoms with van der Waals surface area (Å²) in [7, 11) is 0. The molecule has 0 aliphatic rings. The normalized spacial score (nSPS) is 12.8. The fraction of sp³-hybridized carbons (Fsp3) is 0.238. The highest BCUT2D eigenvalue weighted by Crippen LogP contribution is 2.31. The molecule has 2 atom stereocenters. The van der Waals surface area contributed by atoms with Gasteiger partial charge in [-0.2, -0.15) is 15.0 Å². The van der Waals surface area contributed by atoms with E-state index in [1.165, 1.54) is 17.8 Å². The first-order valence-corrected chi connectivity index (χ1v) is 10.3. The molecule has 1 heterocycles. The van der Waals surface area contributed by atoms with Crippen LogP contribution in [0.15, 0.2) is 48.5 Å². The fourth-order valence-electron chi connectivity index (χ4n) is 2.64. The van der Waals surface area contributed by atoms with Crippen molar-refractivity contribution in [1.29, 1.82) is 0 Å². The number of rotatable bonds is 7. The molecule has 7 nitrogen and oxygen atoms in total. The van der Waals surface area contributed by atoms with Crippen LogP contribution in [0.5, 0.6) is 0 Å². The topological polar surface area (TPSA) is 106 Å². The highest BCUT2D eigenvalue weighted by atomic mass is 32.2. The van der Waals surface area contributed by atoms with Crippen molar-refractivity contribution in [2.24, 2.45) is 0 Å². The van der Waals surface area contributed by atoms with E-state index in [1.54, 1.807) is 26.0 Å². The number of nitrogen functional groups attached to an aromatic ring is 1. The van der Waals surface area contributed by atoms with Crippen molar-refractivity contribution in [2.45, 2.75) is 31.3 Å². The molecular weight excluding hydrogens is 403 g/mol. The molecule has 0 saturated carbocycles. The first-order chi connectivity index (χ1) is 14.3. The number of benzene rings is 2. The Labute approximate surface area is 178 Å². The van der Waals surface area contributed by atoms with Gasteiger partial charge in [-0.3, -0.25) is 4.79 Å². The van der Waals surface area contributed by atoms with E-state index in [2.05, 4.69) is 25.6 Å². The number of carbonyl (C=O) groups excluding carboxylic acids is 1. The molecule has 3 rings (SSSR count). The van der Waals surface area contributed by atoms with Crippen LogP contribution in [0.2, 0.25) is 0 Å². The van der Waals surface area contributed by atoms with Gasteiger partial charge >= 0.3 is 0 Å². The number of hydrogen-bond donors (Lipinski definition) is 3. The second-order valence-corrected chi connectivity index (χ2v) is 8.43. The molecule has 0 aliphatic carbocycles. The van der Waals surface area contributed by atoms with Gasteiger partial charge in [-0.05, 0) is 50.6 Å². The minimum Gasteiger partial charge on any atom is -0.368 e. The third kappa shape index (κ3) is 5.66. The van der Waals surface area contributed by atoms with Crippen LogP contribution in [-0.2, 0) is 4.79 Å². The van der Waals surface area contributed by atoms with Crippen molar-refractivity contribution in [3.63, 3.8) is 0 Å². The molecule has 3 aromatic rings. The molecule has 2 aromatic carbocycles. The maximum Gasteiger partial charge on any atom is 0.237 e. The predicted molar refractivity (Wildman–Crippen MR) is 119 cm³/mol. The van der Waals surface area contributed by atoms with E-state index in [4.69, 9.17) is 5.73 Å². The van der Waals surface area contributed by atoms with E-state index >= 15 is 0 Å². The lowest BCUT2D eigenvalue weighted by molar-refractivity contribution is -0.115. The molecule has 1 aromatic heterocycles. The molecule has 0 radical (unpaired) electrons. The van der Waals surface area contributed by atoms with Gasteiger partial charge in [0, 0.05) is 11.4 Å². The van der Waals surface area contributed by atoms with Gasteiger partial charge in [-0.1, -0.05) is 24.3 Å². The number of hydrogen-bond acceptors (Lipinski definition) is 7. The number of aryl methyl sites for hydroxylation is 1. The first-order valence-electron chi connectivity index (χ1n) is 9.38. The molecule has 156 valence electrons. The molecule has 9 heteroatoms. The standard InChI is InChI=1S/C21H23FN6OS/c1-12-9-10-16(11-17(12)22)24-19(29)14(3)30-13(2)18-26-20(23)28-21(27-18)25-15-7-5-4-6-8-15/h4-11,13-14H,1-3H3,(H,24,29)(H3,23,25,26,27,28). The first kappa shape index (κ1) is 21.5. The zero-order valence-corrected chi connectivity index (χ0v) is 17.7. The van der Waals surface area contributed by atoms with Gasteiger partial charge in [0.05, 0.1) is 10.5 Å². The van der Waals surface area contributed by atoms with Crippen LogP contribution in [0.25, 0.3) is 0 Å². The number of amides is 1. The van der Waals surface area contributed by atoms with Gasteiger partial charge in [-0.15, -0.1) is 11.8 Å². The Morgan fingerprint density at radius 1 is 1.07 bits per heavy atom. The lowest BCUT2D eigenvalue weighted by atomic mass is 10.2. The van der Waals surface area contributed by atoms with E-state index in [-0.39, 0.29) is 22.9 Å². The SMILES string of the molecule is Cc1ccc(NC(=O)C(C)SC(C)c2nc(N)nc(Nc3ccccc3)n2)cc1F. The van der Waals surface area contributed by atoms with Crippen LogP contribution in [0.3, 0.4) is 0 Å². The molecule has 0 bridgehead atoms. The molecular formula is C21H23FN6OS. The third-order valence-corrected chi connectivity index (χ3v) is 5.52. The van der Waals surface area contributed by atoms with Crippen molar-refractivity contribution < 1.29 is 9.18 Å². The van der Waals surface area contributed by atoms with Crippen LogP contribution in [-0.4, -0.2) is 26.1 Å². The monoisotopic (exact) mass is 426 g/mol. The van der Waals surface area contributed by atoms with Crippen LogP contribution in [0.4, 0.5) is 27.7 Å². The molecule has 0 saturated heterocycles. The molecule has 4 N–H and O–H groups in total. The van der Waals surface area contributed by atoms with Crippen molar-refractivity contribution in [3.8, 4) is 0 Å². The second kappa shape index (κ2) is 9.53. The summed E-state index contributed by atoms with van der Waals surface area (Å²) in [6.07, 6.45) is 0. The summed E-state index contributed by atoms with van der Waals surface area (Å²) in [5.41, 5.74) is 7.61. The summed E-state index contributed by atoms with van der Waals surface area (Å²) in [5.74, 6) is 0.300. The summed E-state index contributed by atoms with van der Waals surface area (Å²) in [5, 5.41) is 5.18. The zero-order chi connectivity index (χ0) is 21.7. The van der Waals surface area contributed by atoms with Crippen LogP contribution in [0, 0.1) is 12.7 Å². The number of halogens is 1. The Bertz CT molecular complexity index is 1030. The van der Waals surface area contributed by atoms with Crippen molar-refractivity contribution in [1.82, 2.24) is 15.0 Å². The van der Waals surface area contributed by atoms with Crippen molar-refractivity contribution in [3.05, 3.63) is 65.7 Å². The number of nitrogens with one attached hydrogen (secondary N) is 2. The summed E-state index contributed by atoms with van der Waals surface area (Å²) in [6.45, 7) is 5.33. The van der Waals surface area contributed by atoms with E-state index in [0.29, 0.717) is 23.0 Å². The number of thioether (sulfide) groups is 1. The van der Waals surface area contributed by atoms with Crippen LogP contribution in [0.1, 0.15) is 30.5 Å². The van der Waals surface area contributed by atoms with E-state index < -0.39 is 5.25 Å². The van der Waals surface area contributed by atoms with Crippen molar-refractivity contribution >= 4 is 40.9 Å². The molecule has 0 fully saturated rings. The Balaban J connectivity index is 1.66. The molecule has 2 unspecified atom stereocenters. The Morgan fingerprint density at radius 3 is 2.50 bits per heavy atom. The predicted octanol–water partition coefficient (Wildman–Crippen LogP) is 4.47. The summed E-state index contributed by atoms with van der Waals surface area (Å²) in [4.78, 5) is 25.3. The van der Waals surface area contributed by atoms with Gasteiger partial charge in [0.1, 0.15) is 11.6 Å². The summed E-state index contributed by atoms with van der Waals surface area (Å²) in [6, 6.07) is 14.1. The molecule has 1 amide bonds. The number of para-hydroxylation sites is 1. The largest absolute Gasteiger partial charge is 0.368 e. The smallest absolute Gasteiger partial charge is 0.237 e. The van der Waals surface area contributed by atoms with E-state index in [9.17, 15) is 9.18 Å². The van der Waals surface area contributed by atoms with Gasteiger partial charge in [0.2, 0.25) is 17.8 Å². The van der Waals surface area contributed by atoms with Crippen LogP contribution >= 0.6 is 11.8 Å². The average molecular weight is 427 g/mol. The van der Waals surface area contributed by atoms with Gasteiger partial charge in [-0.25, -0.2) is 4.39 Å². The summed E-state index contributed by atoms with van der Waals surface area (Å²) < 4.78 is 13.7. The zero-order valence-electron chi connectivity index (χ0n) is 16.9. The highest BCUT2D eigenvalue weighted by molar-refractivity contribution is 8.00. The van der Waals surface area contributed by atoms with E-state index in [0.717, 1.165) is 5.69 Å². The van der Waals surface area contributed by atoms with Gasteiger partial charge < -0.3 is 16.4 Å². The number of anilines is 4. The maximum absolute atomic E-state index is 13.7. The lowest BCUT2D eigenvalue weighted by Gasteiger charge is -2.17. The highest BCUT2D eigenvalue weighted by Gasteiger charge is 2.21. The Hall–Kier alpha value is -3.20. The summed E-state index contributed by atoms with van der Waals surface area (Å²) >= 11 is 1.37. The van der Waals surface area contributed by atoms with Crippen molar-refractivity contribution in [2.75, 3.05) is 16.4 Å². The Morgan fingerprint density at radius 2 is 1.80 bits per heavy atom. The number of nitrogens with two attached hydrogens (primary N) is 1. The third-order valence-electron chi connectivity index (χ3n) is 4.28. The van der Waals surface area contributed by atoms with Gasteiger partial charge in [0.15, 0.2) is 0 Å². The minimum atomic E-state index is -0.423. The number of carbonyl (C=O) groups is 1. The van der Waals surface area contributed by atoms with Gasteiger partial charge in [0.25, 0.3) is 0 Å². The minimum absolute atomic E-state index is 0.0955. The number of aromatic nitrogens is 3. The maximum atomic E-state index is 13.7. The average Bonchev–Trinajstić information content (AvgIpc) is 2.71. The second-order valence-electron chi connectivity index (χ2n) is 6.74. The molecule has 0 aliphatic heterocycles.